The van der Waals surface area contributed by atoms with Crippen molar-refractivity contribution >= 4 is 24.0 Å². The maximum Gasteiger partial charge on any atom is 0.417 e. The summed E-state index contributed by atoms with van der Waals surface area (Å²) in [6.45, 7) is 6.02. The largest absolute Gasteiger partial charge is 0.443 e. The van der Waals surface area contributed by atoms with Crippen LogP contribution in [0.1, 0.15) is 91.7 Å². The number of Topliss-reactive ketones (excluding diaryl/α,β-unsaturated/α-hetero) is 1. The normalized spacial score (nSPS) is 17.6. The fraction of sp³-hybridized carbons (Fsp3) is 0.483. The molecule has 0 aromatic heterocycles. The van der Waals surface area contributed by atoms with E-state index in [1.807, 2.05) is 0 Å². The van der Waals surface area contributed by atoms with Gasteiger partial charge in [0, 0.05) is 18.2 Å². The fourth-order valence-electron chi connectivity index (χ4n) is 5.18. The Morgan fingerprint density at radius 1 is 0.932 bits per heavy atom. The van der Waals surface area contributed by atoms with Gasteiger partial charge in [0.15, 0.2) is 5.78 Å². The number of rotatable bonds is 6. The van der Waals surface area contributed by atoms with E-state index in [1.54, 1.807) is 27.7 Å². The molecule has 2 amide bonds. The third kappa shape index (κ3) is 7.46. The second-order valence-corrected chi connectivity index (χ2v) is 11.3. The van der Waals surface area contributed by atoms with Crippen LogP contribution < -0.4 is 4.90 Å². The molecule has 2 atom stereocenters. The SMILES string of the molecule is CCC1CC(N(C=O)Cc2cc(C(F)(F)F)c(C(C)=O)c(C(F)(F)F)c2)c2cc(C(F)(F)F)ccc2N1C(=O)OC(C)(C)C. The van der Waals surface area contributed by atoms with Gasteiger partial charge in [-0.3, -0.25) is 14.5 Å². The van der Waals surface area contributed by atoms with Gasteiger partial charge in [0.25, 0.3) is 0 Å². The molecule has 6 nitrogen and oxygen atoms in total. The first kappa shape index (κ1) is 34.7. The van der Waals surface area contributed by atoms with Gasteiger partial charge in [-0.2, -0.15) is 39.5 Å². The molecular weight excluding hydrogens is 611 g/mol. The van der Waals surface area contributed by atoms with Crippen LogP contribution in [0.2, 0.25) is 0 Å². The highest BCUT2D eigenvalue weighted by molar-refractivity contribution is 5.97. The molecule has 3 rings (SSSR count). The maximum absolute atomic E-state index is 13.9. The molecule has 0 saturated carbocycles. The molecule has 2 unspecified atom stereocenters. The lowest BCUT2D eigenvalue weighted by molar-refractivity contribution is -0.144. The first-order valence-corrected chi connectivity index (χ1v) is 13.3. The Bertz CT molecular complexity index is 1390. The van der Waals surface area contributed by atoms with Gasteiger partial charge < -0.3 is 9.64 Å². The zero-order valence-corrected chi connectivity index (χ0v) is 24.2. The standard InChI is InChI=1S/C29H29F9N2O4/c1-6-18-12-23(19-11-17(27(30,31)32)7-8-22(19)40(18)25(43)44-26(3,4)5)39(14-41)13-16-9-20(28(33,34)35)24(15(2)42)21(10-16)29(36,37)38/h7-11,14,18,23H,6,12-13H2,1-5H3. The maximum atomic E-state index is 13.9. The van der Waals surface area contributed by atoms with E-state index in [0.717, 1.165) is 15.9 Å². The van der Waals surface area contributed by atoms with E-state index in [-0.39, 0.29) is 30.5 Å². The number of hydrogen-bond donors (Lipinski definition) is 0. The van der Waals surface area contributed by atoms with Crippen molar-refractivity contribution in [2.24, 2.45) is 0 Å². The van der Waals surface area contributed by atoms with Crippen LogP contribution in [0.15, 0.2) is 30.3 Å². The summed E-state index contributed by atoms with van der Waals surface area (Å²) < 4.78 is 130. The predicted molar refractivity (Wildman–Crippen MR) is 140 cm³/mol. The van der Waals surface area contributed by atoms with Crippen molar-refractivity contribution in [3.63, 3.8) is 0 Å². The third-order valence-electron chi connectivity index (χ3n) is 6.96. The van der Waals surface area contributed by atoms with Crippen LogP contribution in [-0.4, -0.2) is 34.8 Å². The molecule has 44 heavy (non-hydrogen) atoms. The van der Waals surface area contributed by atoms with Crippen LogP contribution in [0.25, 0.3) is 0 Å². The van der Waals surface area contributed by atoms with Gasteiger partial charge in [-0.1, -0.05) is 6.92 Å². The van der Waals surface area contributed by atoms with Gasteiger partial charge in [-0.25, -0.2) is 4.79 Å². The van der Waals surface area contributed by atoms with Crippen LogP contribution >= 0.6 is 0 Å². The van der Waals surface area contributed by atoms with Gasteiger partial charge in [0.1, 0.15) is 5.60 Å². The highest BCUT2D eigenvalue weighted by Gasteiger charge is 2.44. The molecule has 1 aliphatic heterocycles. The molecule has 1 aliphatic rings. The smallest absolute Gasteiger partial charge is 0.417 e. The molecule has 2 aromatic carbocycles. The summed E-state index contributed by atoms with van der Waals surface area (Å²) >= 11 is 0. The highest BCUT2D eigenvalue weighted by atomic mass is 19.4. The van der Waals surface area contributed by atoms with Gasteiger partial charge >= 0.3 is 24.6 Å². The third-order valence-corrected chi connectivity index (χ3v) is 6.96. The van der Waals surface area contributed by atoms with Crippen LogP contribution in [0.4, 0.5) is 50.0 Å². The Morgan fingerprint density at radius 3 is 1.89 bits per heavy atom. The molecule has 0 aliphatic carbocycles. The van der Waals surface area contributed by atoms with Crippen LogP contribution in [0.5, 0.6) is 0 Å². The molecule has 242 valence electrons. The fourth-order valence-corrected chi connectivity index (χ4v) is 5.18. The number of carbonyl (C=O) groups is 3. The zero-order chi connectivity index (χ0) is 33.6. The van der Waals surface area contributed by atoms with E-state index < -0.39 is 82.5 Å². The number of nitrogens with zero attached hydrogens (tertiary/aromatic N) is 2. The minimum Gasteiger partial charge on any atom is -0.443 e. The lowest BCUT2D eigenvalue weighted by Gasteiger charge is -2.44. The average Bonchev–Trinajstić information content (AvgIpc) is 2.87. The van der Waals surface area contributed by atoms with Crippen molar-refractivity contribution in [3.05, 3.63) is 63.7 Å². The summed E-state index contributed by atoms with van der Waals surface area (Å²) in [5.74, 6) is -1.49. The predicted octanol–water partition coefficient (Wildman–Crippen LogP) is 8.57. The number of amides is 2. The number of ether oxygens (including phenoxy) is 1. The summed E-state index contributed by atoms with van der Waals surface area (Å²) in [5.41, 5.74) is -8.43. The van der Waals surface area contributed by atoms with Gasteiger partial charge in [-0.15, -0.1) is 0 Å². The first-order chi connectivity index (χ1) is 20.0. The molecule has 0 N–H and O–H groups in total. The summed E-state index contributed by atoms with van der Waals surface area (Å²) in [6.07, 6.45) is -16.4. The van der Waals surface area contributed by atoms with E-state index in [0.29, 0.717) is 31.2 Å². The zero-order valence-electron chi connectivity index (χ0n) is 24.2. The van der Waals surface area contributed by atoms with E-state index >= 15 is 0 Å². The Kier molecular flexibility index (Phi) is 9.43. The molecule has 1 heterocycles. The average molecular weight is 641 g/mol. The van der Waals surface area contributed by atoms with Crippen molar-refractivity contribution in [3.8, 4) is 0 Å². The molecular formula is C29H29F9N2O4. The van der Waals surface area contributed by atoms with E-state index in [9.17, 15) is 53.9 Å². The quantitative estimate of drug-likeness (QED) is 0.180. The van der Waals surface area contributed by atoms with E-state index in [1.165, 1.54) is 0 Å². The molecule has 15 heteroatoms. The second kappa shape index (κ2) is 12.0. The van der Waals surface area contributed by atoms with Gasteiger partial charge in [0.2, 0.25) is 6.41 Å². The number of ketones is 1. The molecule has 0 spiro atoms. The topological polar surface area (TPSA) is 66.9 Å². The number of benzene rings is 2. The number of alkyl halides is 9. The van der Waals surface area contributed by atoms with Crippen molar-refractivity contribution < 1.29 is 58.6 Å². The van der Waals surface area contributed by atoms with Crippen LogP contribution in [0.3, 0.4) is 0 Å². The van der Waals surface area contributed by atoms with Crippen molar-refractivity contribution in [2.45, 2.75) is 90.2 Å². The summed E-state index contributed by atoms with van der Waals surface area (Å²) in [7, 11) is 0. The van der Waals surface area contributed by atoms with Crippen LogP contribution in [-0.2, 0) is 34.6 Å². The number of hydrogen-bond acceptors (Lipinski definition) is 4. The summed E-state index contributed by atoms with van der Waals surface area (Å²) in [4.78, 5) is 39.3. The Balaban J connectivity index is 2.22. The van der Waals surface area contributed by atoms with Crippen molar-refractivity contribution in [1.82, 2.24) is 4.90 Å². The molecule has 0 radical (unpaired) electrons. The van der Waals surface area contributed by atoms with Crippen LogP contribution in [0, 0.1) is 0 Å². The summed E-state index contributed by atoms with van der Waals surface area (Å²) in [6, 6.07) is 0.933. The van der Waals surface area contributed by atoms with E-state index in [4.69, 9.17) is 4.74 Å². The molecule has 0 bridgehead atoms. The Hall–Kier alpha value is -3.78. The number of halogens is 9. The van der Waals surface area contributed by atoms with Crippen molar-refractivity contribution in [1.29, 1.82) is 0 Å². The monoisotopic (exact) mass is 640 g/mol. The van der Waals surface area contributed by atoms with Gasteiger partial charge in [-0.05, 0) is 82.0 Å². The highest BCUT2D eigenvalue weighted by Crippen LogP contribution is 2.46. The number of anilines is 1. The minimum absolute atomic E-state index is 0.0684. The second-order valence-electron chi connectivity index (χ2n) is 11.3. The van der Waals surface area contributed by atoms with Gasteiger partial charge in [0.05, 0.1) is 28.4 Å². The molecule has 0 saturated heterocycles. The lowest BCUT2D eigenvalue weighted by atomic mass is 9.87. The van der Waals surface area contributed by atoms with E-state index in [2.05, 4.69) is 0 Å². The summed E-state index contributed by atoms with van der Waals surface area (Å²) in [5, 5.41) is 0. The lowest BCUT2D eigenvalue weighted by Crippen LogP contribution is -2.49. The number of fused-ring (bicyclic) bond motifs is 1. The molecule has 0 fully saturated rings. The number of carbonyl (C=O) groups excluding carboxylic acids is 3. The van der Waals surface area contributed by atoms with Crippen molar-refractivity contribution in [2.75, 3.05) is 4.90 Å². The molecule has 2 aromatic rings. The Morgan fingerprint density at radius 2 is 1.48 bits per heavy atom. The minimum atomic E-state index is -5.39. The Labute approximate surface area is 246 Å². The first-order valence-electron chi connectivity index (χ1n) is 13.3.